The van der Waals surface area contributed by atoms with Gasteiger partial charge in [0.1, 0.15) is 5.69 Å². The molecule has 3 rings (SSSR count). The Balaban J connectivity index is 1.68. The van der Waals surface area contributed by atoms with Crippen LogP contribution < -0.4 is 5.32 Å². The summed E-state index contributed by atoms with van der Waals surface area (Å²) in [6, 6.07) is 11.4. The zero-order chi connectivity index (χ0) is 17.8. The summed E-state index contributed by atoms with van der Waals surface area (Å²) in [4.78, 5) is 26.6. The van der Waals surface area contributed by atoms with E-state index in [-0.39, 0.29) is 23.6 Å². The molecule has 0 saturated carbocycles. The third-order valence-corrected chi connectivity index (χ3v) is 3.71. The van der Waals surface area contributed by atoms with Gasteiger partial charge in [-0.3, -0.25) is 25.0 Å². The van der Waals surface area contributed by atoms with Gasteiger partial charge in [0.2, 0.25) is 5.69 Å². The number of aryl methyl sites for hydroxylation is 1. The average molecular weight is 337 g/mol. The zero-order valence-corrected chi connectivity index (χ0v) is 13.4. The average Bonchev–Trinajstić information content (AvgIpc) is 3.03. The summed E-state index contributed by atoms with van der Waals surface area (Å²) in [6.07, 6.45) is 3.49. The zero-order valence-electron chi connectivity index (χ0n) is 13.4. The Kier molecular flexibility index (Phi) is 4.51. The first-order valence-corrected chi connectivity index (χ1v) is 7.53. The van der Waals surface area contributed by atoms with E-state index in [0.717, 1.165) is 16.7 Å². The molecule has 0 radical (unpaired) electrons. The molecule has 25 heavy (non-hydrogen) atoms. The van der Waals surface area contributed by atoms with Crippen LogP contribution in [-0.2, 0) is 6.54 Å². The predicted molar refractivity (Wildman–Crippen MR) is 90.8 cm³/mol. The molecule has 0 aliphatic carbocycles. The second kappa shape index (κ2) is 6.91. The van der Waals surface area contributed by atoms with Gasteiger partial charge in [-0.1, -0.05) is 30.3 Å². The molecule has 1 amide bonds. The number of rotatable bonds is 5. The number of nitrogens with one attached hydrogen (secondary N) is 2. The van der Waals surface area contributed by atoms with Crippen LogP contribution >= 0.6 is 0 Å². The summed E-state index contributed by atoms with van der Waals surface area (Å²) in [5.74, 6) is -0.590. The van der Waals surface area contributed by atoms with Crippen LogP contribution in [0.2, 0.25) is 0 Å². The Labute approximate surface area is 143 Å². The maximum absolute atomic E-state index is 12.1. The maximum Gasteiger partial charge on any atom is 0.322 e. The lowest BCUT2D eigenvalue weighted by molar-refractivity contribution is -0.385. The SMILES string of the molecule is Cc1[nH]nc(C(=O)NCc2ccc(-c3cccnc3)cc2)c1[N+](=O)[O-]. The van der Waals surface area contributed by atoms with Crippen LogP contribution in [0.5, 0.6) is 0 Å². The lowest BCUT2D eigenvalue weighted by atomic mass is 10.1. The summed E-state index contributed by atoms with van der Waals surface area (Å²) in [5.41, 5.74) is 2.62. The van der Waals surface area contributed by atoms with E-state index in [9.17, 15) is 14.9 Å². The number of nitro groups is 1. The minimum absolute atomic E-state index is 0.213. The first-order chi connectivity index (χ1) is 12.1. The Morgan fingerprint density at radius 1 is 1.24 bits per heavy atom. The number of pyridine rings is 1. The Morgan fingerprint density at radius 3 is 2.64 bits per heavy atom. The first-order valence-electron chi connectivity index (χ1n) is 7.53. The van der Waals surface area contributed by atoms with E-state index >= 15 is 0 Å². The maximum atomic E-state index is 12.1. The van der Waals surface area contributed by atoms with E-state index in [2.05, 4.69) is 20.5 Å². The fraction of sp³-hybridized carbons (Fsp3) is 0.118. The minimum atomic E-state index is -0.615. The van der Waals surface area contributed by atoms with Crippen molar-refractivity contribution < 1.29 is 9.72 Å². The predicted octanol–water partition coefficient (Wildman–Crippen LogP) is 2.62. The van der Waals surface area contributed by atoms with E-state index in [1.807, 2.05) is 36.4 Å². The van der Waals surface area contributed by atoms with Gasteiger partial charge in [-0.25, -0.2) is 0 Å². The highest BCUT2D eigenvalue weighted by molar-refractivity contribution is 5.96. The number of benzene rings is 1. The van der Waals surface area contributed by atoms with Crippen LogP contribution in [0.1, 0.15) is 21.7 Å². The molecule has 126 valence electrons. The molecule has 0 saturated heterocycles. The third kappa shape index (κ3) is 3.52. The van der Waals surface area contributed by atoms with Gasteiger partial charge >= 0.3 is 5.69 Å². The van der Waals surface area contributed by atoms with E-state index in [1.54, 1.807) is 12.4 Å². The third-order valence-electron chi connectivity index (χ3n) is 3.71. The van der Waals surface area contributed by atoms with Gasteiger partial charge in [0, 0.05) is 18.9 Å². The van der Waals surface area contributed by atoms with E-state index in [0.29, 0.717) is 0 Å². The second-order valence-electron chi connectivity index (χ2n) is 5.42. The number of H-pyrrole nitrogens is 1. The minimum Gasteiger partial charge on any atom is -0.346 e. The van der Waals surface area contributed by atoms with Gasteiger partial charge in [0.25, 0.3) is 5.91 Å². The summed E-state index contributed by atoms with van der Waals surface area (Å²) < 4.78 is 0. The fourth-order valence-electron chi connectivity index (χ4n) is 2.42. The quantitative estimate of drug-likeness (QED) is 0.549. The molecule has 0 spiro atoms. The van der Waals surface area contributed by atoms with Gasteiger partial charge in [0.05, 0.1) is 4.92 Å². The number of nitrogens with zero attached hydrogens (tertiary/aromatic N) is 3. The van der Waals surface area contributed by atoms with Gasteiger partial charge in [-0.2, -0.15) is 5.10 Å². The standard InChI is InChI=1S/C17H15N5O3/c1-11-16(22(24)25)15(21-20-11)17(23)19-9-12-4-6-13(7-5-12)14-3-2-8-18-10-14/h2-8,10H,9H2,1H3,(H,19,23)(H,20,21). The number of hydrogen-bond acceptors (Lipinski definition) is 5. The molecule has 2 aromatic heterocycles. The molecule has 0 bridgehead atoms. The monoisotopic (exact) mass is 337 g/mol. The molecule has 2 N–H and O–H groups in total. The second-order valence-corrected chi connectivity index (χ2v) is 5.42. The summed E-state index contributed by atoms with van der Waals surface area (Å²) in [6.45, 7) is 1.74. The highest BCUT2D eigenvalue weighted by Gasteiger charge is 2.26. The molecular weight excluding hydrogens is 322 g/mol. The summed E-state index contributed by atoms with van der Waals surface area (Å²) in [7, 11) is 0. The van der Waals surface area contributed by atoms with Crippen LogP contribution in [0.25, 0.3) is 11.1 Å². The van der Waals surface area contributed by atoms with Crippen molar-refractivity contribution in [2.75, 3.05) is 0 Å². The summed E-state index contributed by atoms with van der Waals surface area (Å²) >= 11 is 0. The molecule has 2 heterocycles. The smallest absolute Gasteiger partial charge is 0.322 e. The van der Waals surface area contributed by atoms with Gasteiger partial charge in [0.15, 0.2) is 0 Å². The lowest BCUT2D eigenvalue weighted by Gasteiger charge is -2.05. The molecule has 1 aromatic carbocycles. The normalized spacial score (nSPS) is 10.4. The molecule has 0 fully saturated rings. The molecule has 8 heteroatoms. The fourth-order valence-corrected chi connectivity index (χ4v) is 2.42. The van der Waals surface area contributed by atoms with E-state index in [4.69, 9.17) is 0 Å². The number of hydrogen-bond donors (Lipinski definition) is 2. The van der Waals surface area contributed by atoms with Crippen LogP contribution in [0, 0.1) is 17.0 Å². The van der Waals surface area contributed by atoms with Crippen LogP contribution in [-0.4, -0.2) is 26.0 Å². The van der Waals surface area contributed by atoms with Crippen LogP contribution in [0.15, 0.2) is 48.8 Å². The number of carbonyl (C=O) groups excluding carboxylic acids is 1. The van der Waals surface area contributed by atoms with Crippen molar-refractivity contribution >= 4 is 11.6 Å². The van der Waals surface area contributed by atoms with E-state index < -0.39 is 10.8 Å². The van der Waals surface area contributed by atoms with E-state index in [1.165, 1.54) is 6.92 Å². The van der Waals surface area contributed by atoms with Crippen LogP contribution in [0.4, 0.5) is 5.69 Å². The molecule has 8 nitrogen and oxygen atoms in total. The molecule has 0 aliphatic heterocycles. The molecular formula is C17H15N5O3. The Hall–Kier alpha value is -3.55. The van der Waals surface area contributed by atoms with Crippen molar-refractivity contribution in [2.24, 2.45) is 0 Å². The number of amides is 1. The molecule has 3 aromatic rings. The van der Waals surface area contributed by atoms with Crippen molar-refractivity contribution in [3.05, 3.63) is 75.9 Å². The van der Waals surface area contributed by atoms with Crippen molar-refractivity contribution in [3.63, 3.8) is 0 Å². The van der Waals surface area contributed by atoms with Gasteiger partial charge in [-0.15, -0.1) is 0 Å². The van der Waals surface area contributed by atoms with Crippen molar-refractivity contribution in [2.45, 2.75) is 13.5 Å². The number of aromatic nitrogens is 3. The Morgan fingerprint density at radius 2 is 2.00 bits per heavy atom. The van der Waals surface area contributed by atoms with Gasteiger partial charge < -0.3 is 5.32 Å². The molecule has 0 aliphatic rings. The molecule has 0 atom stereocenters. The topological polar surface area (TPSA) is 114 Å². The van der Waals surface area contributed by atoms with Crippen molar-refractivity contribution in [3.8, 4) is 11.1 Å². The van der Waals surface area contributed by atoms with Crippen molar-refractivity contribution in [1.82, 2.24) is 20.5 Å². The van der Waals surface area contributed by atoms with Crippen molar-refractivity contribution in [1.29, 1.82) is 0 Å². The lowest BCUT2D eigenvalue weighted by Crippen LogP contribution is -2.24. The molecule has 0 unspecified atom stereocenters. The summed E-state index contributed by atoms with van der Waals surface area (Å²) in [5, 5.41) is 19.8. The van der Waals surface area contributed by atoms with Gasteiger partial charge in [-0.05, 0) is 29.7 Å². The largest absolute Gasteiger partial charge is 0.346 e. The first kappa shape index (κ1) is 16.3. The highest BCUT2D eigenvalue weighted by atomic mass is 16.6. The number of carbonyl (C=O) groups is 1. The van der Waals surface area contributed by atoms with Crippen LogP contribution in [0.3, 0.4) is 0 Å². The Bertz CT molecular complexity index is 904. The highest BCUT2D eigenvalue weighted by Crippen LogP contribution is 2.20. The number of aromatic amines is 1.